The molecule has 1 N–H and O–H groups in total. The van der Waals surface area contributed by atoms with Crippen LogP contribution in [0.15, 0.2) is 54.6 Å². The zero-order valence-electron chi connectivity index (χ0n) is 16.0. The lowest BCUT2D eigenvalue weighted by molar-refractivity contribution is -0.136. The molecule has 5 nitrogen and oxygen atoms in total. The molecule has 0 heterocycles. The maximum absolute atomic E-state index is 12.8. The summed E-state index contributed by atoms with van der Waals surface area (Å²) in [7, 11) is 1.77. The Morgan fingerprint density at radius 1 is 1.07 bits per heavy atom. The Morgan fingerprint density at radius 2 is 1.70 bits per heavy atom. The highest BCUT2D eigenvalue weighted by atomic mass is 35.5. The highest BCUT2D eigenvalue weighted by Crippen LogP contribution is 2.20. The Labute approximate surface area is 165 Å². The zero-order chi connectivity index (χ0) is 19.8. The smallest absolute Gasteiger partial charge is 0.239 e. The number of nitrogens with one attached hydrogen (secondary N) is 1. The molecule has 2 aromatic carbocycles. The van der Waals surface area contributed by atoms with Crippen LogP contribution in [0.4, 0.5) is 5.69 Å². The van der Waals surface area contributed by atoms with E-state index in [0.717, 1.165) is 5.56 Å². The Hall–Kier alpha value is -2.37. The predicted octanol–water partition coefficient (Wildman–Crippen LogP) is 3.65. The van der Waals surface area contributed by atoms with Crippen LogP contribution in [0.1, 0.15) is 19.4 Å². The zero-order valence-corrected chi connectivity index (χ0v) is 16.7. The van der Waals surface area contributed by atoms with Crippen molar-refractivity contribution in [1.82, 2.24) is 9.80 Å². The molecule has 0 aliphatic carbocycles. The van der Waals surface area contributed by atoms with E-state index in [1.807, 2.05) is 44.2 Å². The van der Waals surface area contributed by atoms with Gasteiger partial charge in [0.2, 0.25) is 11.8 Å². The highest BCUT2D eigenvalue weighted by Gasteiger charge is 2.24. The molecule has 144 valence electrons. The molecule has 0 aromatic heterocycles. The molecule has 1 atom stereocenters. The third kappa shape index (κ3) is 6.08. The van der Waals surface area contributed by atoms with Crippen molar-refractivity contribution in [1.29, 1.82) is 0 Å². The molecular formula is C21H26ClN3O2. The number of nitrogens with zero attached hydrogens (tertiary/aromatic N) is 2. The van der Waals surface area contributed by atoms with E-state index in [4.69, 9.17) is 11.6 Å². The summed E-state index contributed by atoms with van der Waals surface area (Å²) in [5.41, 5.74) is 1.65. The minimum atomic E-state index is -0.411. The van der Waals surface area contributed by atoms with E-state index in [2.05, 4.69) is 5.32 Å². The SMILES string of the molecule is CCN(Cc1ccccc1)C(=O)[C@@H](C)N(C)CC(=O)Nc1ccccc1Cl. The van der Waals surface area contributed by atoms with Crippen LogP contribution >= 0.6 is 11.6 Å². The monoisotopic (exact) mass is 387 g/mol. The first-order valence-electron chi connectivity index (χ1n) is 8.99. The maximum atomic E-state index is 12.8. The summed E-state index contributed by atoms with van der Waals surface area (Å²) in [5, 5.41) is 3.26. The molecule has 0 aliphatic rings. The van der Waals surface area contributed by atoms with Crippen LogP contribution in [-0.4, -0.2) is 47.8 Å². The Bertz CT molecular complexity index is 767. The van der Waals surface area contributed by atoms with Gasteiger partial charge in [0.25, 0.3) is 0 Å². The van der Waals surface area contributed by atoms with Crippen LogP contribution < -0.4 is 5.32 Å². The number of benzene rings is 2. The molecule has 0 aliphatic heterocycles. The molecule has 0 spiro atoms. The highest BCUT2D eigenvalue weighted by molar-refractivity contribution is 6.33. The summed E-state index contributed by atoms with van der Waals surface area (Å²) in [5.74, 6) is -0.217. The summed E-state index contributed by atoms with van der Waals surface area (Å²) in [6.45, 7) is 5.04. The largest absolute Gasteiger partial charge is 0.337 e. The van der Waals surface area contributed by atoms with Crippen molar-refractivity contribution in [2.45, 2.75) is 26.4 Å². The predicted molar refractivity (Wildman–Crippen MR) is 110 cm³/mol. The van der Waals surface area contributed by atoms with Gasteiger partial charge in [-0.05, 0) is 38.6 Å². The fourth-order valence-electron chi connectivity index (χ4n) is 2.72. The summed E-state index contributed by atoms with van der Waals surface area (Å²) >= 11 is 6.07. The van der Waals surface area contributed by atoms with Crippen LogP contribution in [0.25, 0.3) is 0 Å². The maximum Gasteiger partial charge on any atom is 0.239 e. The second kappa shape index (κ2) is 10.1. The van der Waals surface area contributed by atoms with Crippen molar-refractivity contribution in [3.63, 3.8) is 0 Å². The van der Waals surface area contributed by atoms with Crippen LogP contribution in [0.5, 0.6) is 0 Å². The van der Waals surface area contributed by atoms with Crippen molar-refractivity contribution in [3.8, 4) is 0 Å². The van der Waals surface area contributed by atoms with E-state index in [1.54, 1.807) is 41.1 Å². The fraction of sp³-hybridized carbons (Fsp3) is 0.333. The summed E-state index contributed by atoms with van der Waals surface area (Å²) in [6.07, 6.45) is 0. The van der Waals surface area contributed by atoms with Crippen LogP contribution in [0.2, 0.25) is 5.02 Å². The normalized spacial score (nSPS) is 11.9. The average Bonchev–Trinajstić information content (AvgIpc) is 2.67. The van der Waals surface area contributed by atoms with E-state index in [9.17, 15) is 9.59 Å². The van der Waals surface area contributed by atoms with Crippen LogP contribution in [-0.2, 0) is 16.1 Å². The van der Waals surface area contributed by atoms with Gasteiger partial charge in [0.15, 0.2) is 0 Å². The Morgan fingerprint density at radius 3 is 2.33 bits per heavy atom. The minimum absolute atomic E-state index is 0.00519. The third-order valence-corrected chi connectivity index (χ3v) is 4.80. The van der Waals surface area contributed by atoms with Crippen LogP contribution in [0, 0.1) is 0 Å². The van der Waals surface area contributed by atoms with Crippen molar-refractivity contribution < 1.29 is 9.59 Å². The number of para-hydroxylation sites is 1. The molecule has 0 radical (unpaired) electrons. The van der Waals surface area contributed by atoms with Gasteiger partial charge in [-0.15, -0.1) is 0 Å². The Kier molecular flexibility index (Phi) is 7.82. The summed E-state index contributed by atoms with van der Waals surface area (Å²) < 4.78 is 0. The number of likely N-dealkylation sites (N-methyl/N-ethyl adjacent to an activating group) is 2. The molecule has 2 amide bonds. The van der Waals surface area contributed by atoms with Crippen molar-refractivity contribution in [2.75, 3.05) is 25.5 Å². The van der Waals surface area contributed by atoms with Gasteiger partial charge in [0.05, 0.1) is 23.3 Å². The lowest BCUT2D eigenvalue weighted by atomic mass is 10.2. The van der Waals surface area contributed by atoms with Crippen molar-refractivity contribution in [3.05, 3.63) is 65.2 Å². The van der Waals surface area contributed by atoms with E-state index in [0.29, 0.717) is 23.8 Å². The second-order valence-electron chi connectivity index (χ2n) is 6.46. The number of halogens is 1. The number of hydrogen-bond acceptors (Lipinski definition) is 3. The molecule has 0 bridgehead atoms. The standard InChI is InChI=1S/C21H26ClN3O2/c1-4-25(14-17-10-6-5-7-11-17)21(27)16(2)24(3)15-20(26)23-19-13-9-8-12-18(19)22/h5-13,16H,4,14-15H2,1-3H3,(H,23,26)/t16-/m1/s1. The molecule has 2 aromatic rings. The lowest BCUT2D eigenvalue weighted by Crippen LogP contribution is -2.47. The number of rotatable bonds is 8. The second-order valence-corrected chi connectivity index (χ2v) is 6.86. The number of anilines is 1. The van der Waals surface area contributed by atoms with E-state index in [-0.39, 0.29) is 18.4 Å². The summed E-state index contributed by atoms with van der Waals surface area (Å²) in [4.78, 5) is 28.7. The number of carbonyl (C=O) groups is 2. The summed E-state index contributed by atoms with van der Waals surface area (Å²) in [6, 6.07) is 16.5. The van der Waals surface area contributed by atoms with Gasteiger partial charge in [-0.3, -0.25) is 14.5 Å². The van der Waals surface area contributed by atoms with Gasteiger partial charge < -0.3 is 10.2 Å². The Balaban J connectivity index is 1.94. The van der Waals surface area contributed by atoms with E-state index in [1.165, 1.54) is 0 Å². The van der Waals surface area contributed by atoms with Gasteiger partial charge in [-0.25, -0.2) is 0 Å². The van der Waals surface area contributed by atoms with Gasteiger partial charge in [-0.2, -0.15) is 0 Å². The van der Waals surface area contributed by atoms with Gasteiger partial charge in [0, 0.05) is 13.1 Å². The van der Waals surface area contributed by atoms with Gasteiger partial charge in [0.1, 0.15) is 0 Å². The van der Waals surface area contributed by atoms with Crippen molar-refractivity contribution in [2.24, 2.45) is 0 Å². The molecule has 2 rings (SSSR count). The lowest BCUT2D eigenvalue weighted by Gasteiger charge is -2.29. The topological polar surface area (TPSA) is 52.7 Å². The number of carbonyl (C=O) groups excluding carboxylic acids is 2. The molecule has 6 heteroatoms. The molecular weight excluding hydrogens is 362 g/mol. The molecule has 0 fully saturated rings. The van der Waals surface area contributed by atoms with Crippen molar-refractivity contribution >= 4 is 29.1 Å². The molecule has 27 heavy (non-hydrogen) atoms. The van der Waals surface area contributed by atoms with Gasteiger partial charge in [-0.1, -0.05) is 54.1 Å². The minimum Gasteiger partial charge on any atom is -0.337 e. The quantitative estimate of drug-likeness (QED) is 0.752. The third-order valence-electron chi connectivity index (χ3n) is 4.47. The first-order chi connectivity index (χ1) is 12.9. The van der Waals surface area contributed by atoms with Gasteiger partial charge >= 0.3 is 0 Å². The van der Waals surface area contributed by atoms with E-state index < -0.39 is 6.04 Å². The molecule has 0 unspecified atom stereocenters. The number of amides is 2. The van der Waals surface area contributed by atoms with E-state index >= 15 is 0 Å². The number of hydrogen-bond donors (Lipinski definition) is 1. The first-order valence-corrected chi connectivity index (χ1v) is 9.37. The molecule has 0 saturated heterocycles. The fourth-order valence-corrected chi connectivity index (χ4v) is 2.90. The molecule has 0 saturated carbocycles. The first kappa shape index (κ1) is 20.9. The van der Waals surface area contributed by atoms with Crippen LogP contribution in [0.3, 0.4) is 0 Å². The average molecular weight is 388 g/mol.